The lowest BCUT2D eigenvalue weighted by atomic mass is 10.1. The maximum atomic E-state index is 11.6. The van der Waals surface area contributed by atoms with Crippen LogP contribution in [-0.4, -0.2) is 27.6 Å². The molecule has 108 valence electrons. The number of hydrogen-bond donors (Lipinski definition) is 3. The maximum absolute atomic E-state index is 11.6. The lowest BCUT2D eigenvalue weighted by Gasteiger charge is -2.04. The number of rotatable bonds is 5. The molecule has 0 aliphatic rings. The summed E-state index contributed by atoms with van der Waals surface area (Å²) in [7, 11) is 0. The van der Waals surface area contributed by atoms with Crippen molar-refractivity contribution < 1.29 is 15.0 Å². The third kappa shape index (κ3) is 4.65. The molecule has 1 aromatic heterocycles. The van der Waals surface area contributed by atoms with E-state index >= 15 is 0 Å². The van der Waals surface area contributed by atoms with Crippen LogP contribution in [0, 0.1) is 0 Å². The summed E-state index contributed by atoms with van der Waals surface area (Å²) in [6.07, 6.45) is 7.05. The molecule has 0 radical (unpaired) electrons. The summed E-state index contributed by atoms with van der Waals surface area (Å²) >= 11 is 0. The van der Waals surface area contributed by atoms with E-state index in [0.29, 0.717) is 13.0 Å². The quantitative estimate of drug-likeness (QED) is 0.578. The SMILES string of the molecule is O=C(/C=C/c1cccnc1)NCCc1ccc(O)c(O)c1. The third-order valence-electron chi connectivity index (χ3n) is 2.86. The van der Waals surface area contributed by atoms with Crippen molar-refractivity contribution in [2.75, 3.05) is 6.54 Å². The van der Waals surface area contributed by atoms with Crippen molar-refractivity contribution in [3.63, 3.8) is 0 Å². The molecule has 0 atom stereocenters. The lowest BCUT2D eigenvalue weighted by molar-refractivity contribution is -0.116. The Labute approximate surface area is 122 Å². The lowest BCUT2D eigenvalue weighted by Crippen LogP contribution is -2.23. The molecule has 2 rings (SSSR count). The number of pyridine rings is 1. The van der Waals surface area contributed by atoms with E-state index in [-0.39, 0.29) is 17.4 Å². The number of hydrogen-bond acceptors (Lipinski definition) is 4. The topological polar surface area (TPSA) is 82.5 Å². The molecular weight excluding hydrogens is 268 g/mol. The highest BCUT2D eigenvalue weighted by Crippen LogP contribution is 2.24. The summed E-state index contributed by atoms with van der Waals surface area (Å²) in [5.41, 5.74) is 1.69. The molecule has 21 heavy (non-hydrogen) atoms. The van der Waals surface area contributed by atoms with Crippen molar-refractivity contribution in [2.45, 2.75) is 6.42 Å². The van der Waals surface area contributed by atoms with E-state index in [0.717, 1.165) is 11.1 Å². The van der Waals surface area contributed by atoms with Gasteiger partial charge in [-0.15, -0.1) is 0 Å². The van der Waals surface area contributed by atoms with Crippen molar-refractivity contribution in [2.24, 2.45) is 0 Å². The molecule has 0 spiro atoms. The summed E-state index contributed by atoms with van der Waals surface area (Å²) in [5.74, 6) is -0.501. The first kappa shape index (κ1) is 14.6. The molecule has 5 nitrogen and oxygen atoms in total. The van der Waals surface area contributed by atoms with Gasteiger partial charge >= 0.3 is 0 Å². The number of nitrogens with zero attached hydrogens (tertiary/aromatic N) is 1. The highest BCUT2D eigenvalue weighted by molar-refractivity contribution is 5.91. The molecule has 0 unspecified atom stereocenters. The van der Waals surface area contributed by atoms with Crippen LogP contribution in [0.25, 0.3) is 6.08 Å². The Morgan fingerprint density at radius 3 is 2.81 bits per heavy atom. The minimum Gasteiger partial charge on any atom is -0.504 e. The van der Waals surface area contributed by atoms with Gasteiger partial charge in [0.1, 0.15) is 0 Å². The van der Waals surface area contributed by atoms with Gasteiger partial charge in [0.05, 0.1) is 0 Å². The predicted molar refractivity (Wildman–Crippen MR) is 79.8 cm³/mol. The van der Waals surface area contributed by atoms with Crippen LogP contribution in [0.2, 0.25) is 0 Å². The van der Waals surface area contributed by atoms with Gasteiger partial charge in [-0.2, -0.15) is 0 Å². The Morgan fingerprint density at radius 1 is 1.24 bits per heavy atom. The number of amides is 1. The standard InChI is InChI=1S/C16H16N2O3/c19-14-5-3-12(10-15(14)20)7-9-18-16(21)6-4-13-2-1-8-17-11-13/h1-6,8,10-11,19-20H,7,9H2,(H,18,21)/b6-4+. The Bertz CT molecular complexity index is 639. The molecule has 5 heteroatoms. The van der Waals surface area contributed by atoms with Gasteiger partial charge in [0.15, 0.2) is 11.5 Å². The monoisotopic (exact) mass is 284 g/mol. The summed E-state index contributed by atoms with van der Waals surface area (Å²) in [5, 5.41) is 21.3. The van der Waals surface area contributed by atoms with Crippen LogP contribution in [0.1, 0.15) is 11.1 Å². The van der Waals surface area contributed by atoms with Crippen LogP contribution in [0.3, 0.4) is 0 Å². The fourth-order valence-electron chi connectivity index (χ4n) is 1.76. The van der Waals surface area contributed by atoms with Gasteiger partial charge < -0.3 is 15.5 Å². The van der Waals surface area contributed by atoms with Crippen LogP contribution in [0.15, 0.2) is 48.8 Å². The van der Waals surface area contributed by atoms with E-state index in [1.807, 2.05) is 6.07 Å². The van der Waals surface area contributed by atoms with Gasteiger partial charge in [0, 0.05) is 25.0 Å². The third-order valence-corrected chi connectivity index (χ3v) is 2.86. The average Bonchev–Trinajstić information content (AvgIpc) is 2.50. The molecule has 0 bridgehead atoms. The Morgan fingerprint density at radius 2 is 2.10 bits per heavy atom. The summed E-state index contributed by atoms with van der Waals surface area (Å²) in [4.78, 5) is 15.6. The molecule has 2 aromatic rings. The maximum Gasteiger partial charge on any atom is 0.244 e. The van der Waals surface area contributed by atoms with Crippen LogP contribution in [0.5, 0.6) is 11.5 Å². The number of aromatic nitrogens is 1. The minimum atomic E-state index is -0.193. The molecule has 1 amide bonds. The molecule has 3 N–H and O–H groups in total. The fraction of sp³-hybridized carbons (Fsp3) is 0.125. The molecule has 0 aliphatic carbocycles. The van der Waals surface area contributed by atoms with E-state index in [2.05, 4.69) is 10.3 Å². The first-order valence-electron chi connectivity index (χ1n) is 6.52. The average molecular weight is 284 g/mol. The van der Waals surface area contributed by atoms with E-state index in [1.165, 1.54) is 18.2 Å². The van der Waals surface area contributed by atoms with Gasteiger partial charge in [0.2, 0.25) is 5.91 Å². The van der Waals surface area contributed by atoms with Crippen molar-refractivity contribution in [3.8, 4) is 11.5 Å². The highest BCUT2D eigenvalue weighted by Gasteiger charge is 2.01. The second kappa shape index (κ2) is 7.09. The van der Waals surface area contributed by atoms with Crippen LogP contribution < -0.4 is 5.32 Å². The largest absolute Gasteiger partial charge is 0.504 e. The fourth-order valence-corrected chi connectivity index (χ4v) is 1.76. The molecule has 1 aromatic carbocycles. The number of carbonyl (C=O) groups is 1. The summed E-state index contributed by atoms with van der Waals surface area (Å²) in [6.45, 7) is 0.445. The van der Waals surface area contributed by atoms with E-state index in [4.69, 9.17) is 0 Å². The normalized spacial score (nSPS) is 10.7. The molecule has 1 heterocycles. The molecule has 0 aliphatic heterocycles. The second-order valence-electron chi connectivity index (χ2n) is 4.48. The van der Waals surface area contributed by atoms with Crippen molar-refractivity contribution in [1.82, 2.24) is 10.3 Å². The van der Waals surface area contributed by atoms with Gasteiger partial charge in [-0.25, -0.2) is 0 Å². The van der Waals surface area contributed by atoms with Crippen LogP contribution in [-0.2, 0) is 11.2 Å². The molecule has 0 fully saturated rings. The van der Waals surface area contributed by atoms with Crippen LogP contribution >= 0.6 is 0 Å². The zero-order chi connectivity index (χ0) is 15.1. The Balaban J connectivity index is 1.79. The number of benzene rings is 1. The Kier molecular flexibility index (Phi) is 4.93. The van der Waals surface area contributed by atoms with Gasteiger partial charge in [-0.1, -0.05) is 12.1 Å². The number of phenolic OH excluding ortho intramolecular Hbond substituents is 2. The molecule has 0 saturated carbocycles. The van der Waals surface area contributed by atoms with Crippen molar-refractivity contribution in [3.05, 3.63) is 59.9 Å². The predicted octanol–water partition coefficient (Wildman–Crippen LogP) is 1.86. The van der Waals surface area contributed by atoms with Crippen LogP contribution in [0.4, 0.5) is 0 Å². The van der Waals surface area contributed by atoms with Crippen molar-refractivity contribution in [1.29, 1.82) is 0 Å². The molecular formula is C16H16N2O3. The van der Waals surface area contributed by atoms with Gasteiger partial charge in [-0.3, -0.25) is 9.78 Å². The Hall–Kier alpha value is -2.82. The highest BCUT2D eigenvalue weighted by atomic mass is 16.3. The smallest absolute Gasteiger partial charge is 0.244 e. The molecule has 0 saturated heterocycles. The number of carbonyl (C=O) groups excluding carboxylic acids is 1. The van der Waals surface area contributed by atoms with Gasteiger partial charge in [0.25, 0.3) is 0 Å². The number of aromatic hydroxyl groups is 2. The number of phenols is 2. The van der Waals surface area contributed by atoms with E-state index < -0.39 is 0 Å². The van der Waals surface area contributed by atoms with Crippen molar-refractivity contribution >= 4 is 12.0 Å². The minimum absolute atomic E-state index is 0.151. The summed E-state index contributed by atoms with van der Waals surface area (Å²) < 4.78 is 0. The zero-order valence-electron chi connectivity index (χ0n) is 11.4. The first-order valence-corrected chi connectivity index (χ1v) is 6.52. The number of nitrogens with one attached hydrogen (secondary N) is 1. The van der Waals surface area contributed by atoms with E-state index in [1.54, 1.807) is 30.6 Å². The second-order valence-corrected chi connectivity index (χ2v) is 4.48. The van der Waals surface area contributed by atoms with E-state index in [9.17, 15) is 15.0 Å². The zero-order valence-corrected chi connectivity index (χ0v) is 11.4. The summed E-state index contributed by atoms with van der Waals surface area (Å²) in [6, 6.07) is 8.26. The first-order chi connectivity index (χ1) is 10.1. The van der Waals surface area contributed by atoms with Gasteiger partial charge in [-0.05, 0) is 41.8 Å².